The van der Waals surface area contributed by atoms with E-state index in [1.807, 2.05) is 0 Å². The molecule has 0 radical (unpaired) electrons. The van der Waals surface area contributed by atoms with Crippen LogP contribution in [0.2, 0.25) is 0 Å². The van der Waals surface area contributed by atoms with Crippen LogP contribution in [0, 0.1) is 0 Å². The maximum atomic E-state index is 2.12. The zero-order valence-electron chi connectivity index (χ0n) is 2.69. The maximum absolute atomic E-state index is 2.12. The van der Waals surface area contributed by atoms with Gasteiger partial charge in [0.05, 0.1) is 0 Å². The molecular weight excluding hydrogens is 125 g/mol. The molecule has 0 aliphatic rings. The molecule has 2 heteroatoms. The molecule has 0 unspecified atom stereocenters. The molecule has 0 fully saturated rings. The summed E-state index contributed by atoms with van der Waals surface area (Å²) in [6.45, 7) is 2.06. The van der Waals surface area contributed by atoms with Crippen LogP contribution in [-0.2, 0) is 17.9 Å². The van der Waals surface area contributed by atoms with E-state index in [1.165, 1.54) is 17.9 Å². The van der Waals surface area contributed by atoms with Crippen LogP contribution in [0.1, 0.15) is 6.92 Å². The summed E-state index contributed by atoms with van der Waals surface area (Å²) in [5, 5.41) is 0. The van der Waals surface area contributed by atoms with Crippen molar-refractivity contribution in [1.29, 1.82) is 0 Å². The van der Waals surface area contributed by atoms with E-state index in [0.717, 1.165) is 0 Å². The molecule has 0 aromatic heterocycles. The molecule has 0 aromatic rings. The Hall–Kier alpha value is 0.783. The zero-order valence-corrected chi connectivity index (χ0v) is 6.48. The Morgan fingerprint density at radius 1 is 1.75 bits per heavy atom. The predicted molar refractivity (Wildman–Crippen MR) is 19.0 cm³/mol. The minimum atomic E-state index is 0. The smallest absolute Gasteiger partial charge is 0.147 e. The van der Waals surface area contributed by atoms with Crippen molar-refractivity contribution in [3.8, 4) is 0 Å². The Morgan fingerprint density at radius 3 is 1.75 bits per heavy atom. The second-order valence-electron chi connectivity index (χ2n) is 0.408. The first-order valence-corrected chi connectivity index (χ1v) is 2.70. The first-order valence-electron chi connectivity index (χ1n) is 0.986. The molecular formula is C2H5ClZn. The van der Waals surface area contributed by atoms with Gasteiger partial charge in [0.1, 0.15) is 0 Å². The molecule has 0 nitrogen and oxygen atoms in total. The average Bonchev–Trinajstić information content (AvgIpc) is 0.918. The van der Waals surface area contributed by atoms with Crippen molar-refractivity contribution >= 4 is 17.0 Å². The zero-order chi connectivity index (χ0) is 2.71. The monoisotopic (exact) mass is 128 g/mol. The molecule has 0 atom stereocenters. The van der Waals surface area contributed by atoms with Crippen molar-refractivity contribution in [2.75, 3.05) is 0 Å². The molecule has 0 rings (SSSR count). The van der Waals surface area contributed by atoms with Gasteiger partial charge in [0.25, 0.3) is 0 Å². The summed E-state index contributed by atoms with van der Waals surface area (Å²) < 4.78 is 2.12. The van der Waals surface area contributed by atoms with E-state index in [4.69, 9.17) is 0 Å². The fourth-order valence-corrected chi connectivity index (χ4v) is 0. The molecule has 4 heavy (non-hydrogen) atoms. The minimum absolute atomic E-state index is 0. The average molecular weight is 130 g/mol. The van der Waals surface area contributed by atoms with Gasteiger partial charge in [-0.2, -0.15) is 0 Å². The summed E-state index contributed by atoms with van der Waals surface area (Å²) >= 11 is 1.32. The van der Waals surface area contributed by atoms with Crippen molar-refractivity contribution < 1.29 is 17.9 Å². The van der Waals surface area contributed by atoms with Gasteiger partial charge in [-0.1, -0.05) is 0 Å². The summed E-state index contributed by atoms with van der Waals surface area (Å²) in [5.74, 6) is 0. The molecule has 0 aromatic carbocycles. The van der Waals surface area contributed by atoms with Crippen LogP contribution in [0.3, 0.4) is 0 Å². The van der Waals surface area contributed by atoms with Gasteiger partial charge in [-0.3, -0.25) is 0 Å². The molecule has 0 saturated carbocycles. The third kappa shape index (κ3) is 14.4. The first-order chi connectivity index (χ1) is 1.41. The molecule has 0 heterocycles. The van der Waals surface area contributed by atoms with Crippen LogP contribution in [0.25, 0.3) is 0 Å². The van der Waals surface area contributed by atoms with E-state index in [9.17, 15) is 0 Å². The summed E-state index contributed by atoms with van der Waals surface area (Å²) in [6.07, 6.45) is 0. The SMILES string of the molecule is C[CH]=[Zn].Cl. The fourth-order valence-electron chi connectivity index (χ4n) is 0. The van der Waals surface area contributed by atoms with Gasteiger partial charge in [-0.05, 0) is 0 Å². The molecule has 0 spiro atoms. The quantitative estimate of drug-likeness (QED) is 0.425. The normalized spacial score (nSPS) is 3.75. The Morgan fingerprint density at radius 2 is 1.75 bits per heavy atom. The minimum Gasteiger partial charge on any atom is -0.147 e. The Labute approximate surface area is 42.2 Å². The third-order valence-electron chi connectivity index (χ3n) is 0. The van der Waals surface area contributed by atoms with E-state index in [2.05, 4.69) is 11.5 Å². The van der Waals surface area contributed by atoms with E-state index < -0.39 is 0 Å². The Balaban J connectivity index is 0. The topological polar surface area (TPSA) is 0 Å². The molecule has 0 aliphatic heterocycles. The van der Waals surface area contributed by atoms with Crippen LogP contribution in [0.4, 0.5) is 0 Å². The third-order valence-corrected chi connectivity index (χ3v) is 0. The van der Waals surface area contributed by atoms with Gasteiger partial charge in [-0.25, -0.2) is 0 Å². The van der Waals surface area contributed by atoms with Crippen molar-refractivity contribution in [2.24, 2.45) is 0 Å². The molecule has 0 saturated heterocycles. The second-order valence-corrected chi connectivity index (χ2v) is 2.12. The molecule has 0 amide bonds. The van der Waals surface area contributed by atoms with E-state index in [0.29, 0.717) is 0 Å². The number of hydrogen-bond acceptors (Lipinski definition) is 0. The number of halogens is 1. The van der Waals surface area contributed by atoms with Crippen molar-refractivity contribution in [2.45, 2.75) is 6.92 Å². The van der Waals surface area contributed by atoms with Crippen LogP contribution in [0.5, 0.6) is 0 Å². The van der Waals surface area contributed by atoms with Gasteiger partial charge in [0.15, 0.2) is 0 Å². The molecule has 0 bridgehead atoms. The first kappa shape index (κ1) is 8.84. The fraction of sp³-hybridized carbons (Fsp3) is 0.500. The molecule has 0 aliphatic carbocycles. The summed E-state index contributed by atoms with van der Waals surface area (Å²) in [7, 11) is 0. The van der Waals surface area contributed by atoms with Crippen LogP contribution in [0.15, 0.2) is 0 Å². The van der Waals surface area contributed by atoms with Crippen molar-refractivity contribution in [1.82, 2.24) is 0 Å². The molecule has 22 valence electrons. The van der Waals surface area contributed by atoms with Crippen molar-refractivity contribution in [3.05, 3.63) is 0 Å². The van der Waals surface area contributed by atoms with Crippen LogP contribution < -0.4 is 0 Å². The Kier molecular flexibility index (Phi) is 20.4. The Bertz CT molecular complexity index is 13.5. The largest absolute Gasteiger partial charge is 0.147 e. The summed E-state index contributed by atoms with van der Waals surface area (Å²) in [5.41, 5.74) is 0. The van der Waals surface area contributed by atoms with Gasteiger partial charge < -0.3 is 0 Å². The van der Waals surface area contributed by atoms with Gasteiger partial charge in [0.2, 0.25) is 0 Å². The summed E-state index contributed by atoms with van der Waals surface area (Å²) in [4.78, 5) is 0. The van der Waals surface area contributed by atoms with Crippen LogP contribution >= 0.6 is 12.4 Å². The van der Waals surface area contributed by atoms with Gasteiger partial charge in [0, 0.05) is 0 Å². The summed E-state index contributed by atoms with van der Waals surface area (Å²) in [6, 6.07) is 0. The van der Waals surface area contributed by atoms with Crippen LogP contribution in [-0.4, -0.2) is 4.61 Å². The molecule has 0 N–H and O–H groups in total. The van der Waals surface area contributed by atoms with Gasteiger partial charge >= 0.3 is 29.4 Å². The predicted octanol–water partition coefficient (Wildman–Crippen LogP) is 0.777. The standard InChI is InChI=1S/C2H4.ClH.Zn/c1-2;;/h1H,2H3;1H;. The van der Waals surface area contributed by atoms with E-state index >= 15 is 0 Å². The maximum Gasteiger partial charge on any atom is -0.147 e. The number of hydrogen-bond donors (Lipinski definition) is 0. The van der Waals surface area contributed by atoms with E-state index in [1.54, 1.807) is 0 Å². The number of rotatable bonds is 0. The van der Waals surface area contributed by atoms with Crippen molar-refractivity contribution in [3.63, 3.8) is 0 Å². The van der Waals surface area contributed by atoms with Gasteiger partial charge in [-0.15, -0.1) is 12.4 Å². The second kappa shape index (κ2) is 9.22. The van der Waals surface area contributed by atoms with E-state index in [-0.39, 0.29) is 12.4 Å².